The summed E-state index contributed by atoms with van der Waals surface area (Å²) in [6.07, 6.45) is -4.39. The van der Waals surface area contributed by atoms with Crippen LogP contribution < -0.4 is 5.32 Å². The molecule has 0 unspecified atom stereocenters. The van der Waals surface area contributed by atoms with Gasteiger partial charge >= 0.3 is 12.1 Å². The minimum absolute atomic E-state index is 0.0164. The molecule has 2 N–H and O–H groups in total. The summed E-state index contributed by atoms with van der Waals surface area (Å²) in [5.74, 6) is -1.90. The van der Waals surface area contributed by atoms with Crippen molar-refractivity contribution >= 4 is 34.8 Å². The molecule has 1 atom stereocenters. The average molecular weight is 455 g/mol. The van der Waals surface area contributed by atoms with Crippen molar-refractivity contribution in [3.05, 3.63) is 75.8 Å². The summed E-state index contributed by atoms with van der Waals surface area (Å²) in [4.78, 5) is 28.1. The van der Waals surface area contributed by atoms with Gasteiger partial charge in [-0.05, 0) is 29.8 Å². The molecule has 1 heterocycles. The number of alkyl halides is 3. The highest BCUT2D eigenvalue weighted by Crippen LogP contribution is 2.31. The molecule has 10 heteroatoms. The molecule has 1 aromatic heterocycles. The molecule has 0 fully saturated rings. The molecule has 5 nitrogen and oxygen atoms in total. The molecule has 0 aliphatic rings. The lowest BCUT2D eigenvalue weighted by Crippen LogP contribution is -2.42. The molecular weight excluding hydrogens is 441 g/mol. The molecule has 0 radical (unpaired) electrons. The van der Waals surface area contributed by atoms with Crippen LogP contribution in [0.5, 0.6) is 0 Å². The van der Waals surface area contributed by atoms with Gasteiger partial charge in [-0.3, -0.25) is 4.79 Å². The van der Waals surface area contributed by atoms with Crippen LogP contribution in [0.25, 0.3) is 10.6 Å². The van der Waals surface area contributed by atoms with Crippen molar-refractivity contribution < 1.29 is 27.9 Å². The molecule has 30 heavy (non-hydrogen) atoms. The number of carbonyl (C=O) groups is 2. The smallest absolute Gasteiger partial charge is 0.416 e. The fourth-order valence-corrected chi connectivity index (χ4v) is 3.53. The molecule has 0 bridgehead atoms. The normalized spacial score (nSPS) is 12.4. The minimum Gasteiger partial charge on any atom is -0.480 e. The van der Waals surface area contributed by atoms with E-state index in [1.807, 2.05) is 0 Å². The lowest BCUT2D eigenvalue weighted by Gasteiger charge is -2.14. The second-order valence-corrected chi connectivity index (χ2v) is 7.60. The van der Waals surface area contributed by atoms with E-state index < -0.39 is 29.7 Å². The highest BCUT2D eigenvalue weighted by atomic mass is 35.5. The molecule has 0 spiro atoms. The van der Waals surface area contributed by atoms with Crippen LogP contribution in [-0.4, -0.2) is 28.0 Å². The molecule has 0 saturated heterocycles. The first-order valence-electron chi connectivity index (χ1n) is 8.55. The first-order valence-corrected chi connectivity index (χ1v) is 9.80. The number of benzene rings is 2. The Labute approximate surface area is 178 Å². The van der Waals surface area contributed by atoms with Gasteiger partial charge in [0.25, 0.3) is 5.91 Å². The Bertz CT molecular complexity index is 1050. The Kier molecular flexibility index (Phi) is 6.42. The van der Waals surface area contributed by atoms with E-state index in [0.29, 0.717) is 21.2 Å². The Hall–Kier alpha value is -2.91. The van der Waals surface area contributed by atoms with Crippen LogP contribution >= 0.6 is 22.9 Å². The van der Waals surface area contributed by atoms with E-state index in [-0.39, 0.29) is 12.1 Å². The van der Waals surface area contributed by atoms with Gasteiger partial charge in [0, 0.05) is 22.4 Å². The van der Waals surface area contributed by atoms with Gasteiger partial charge in [0.15, 0.2) is 0 Å². The predicted octanol–water partition coefficient (Wildman–Crippen LogP) is 4.91. The summed E-state index contributed by atoms with van der Waals surface area (Å²) < 4.78 is 38.0. The largest absolute Gasteiger partial charge is 0.480 e. The third-order valence-electron chi connectivity index (χ3n) is 4.15. The number of thiazole rings is 1. The molecule has 2 aromatic carbocycles. The van der Waals surface area contributed by atoms with Crippen LogP contribution in [0.2, 0.25) is 5.02 Å². The minimum atomic E-state index is -4.44. The topological polar surface area (TPSA) is 79.3 Å². The number of aliphatic carboxylic acids is 1. The number of carbonyl (C=O) groups excluding carboxylic acids is 1. The Morgan fingerprint density at radius 3 is 2.30 bits per heavy atom. The van der Waals surface area contributed by atoms with Crippen LogP contribution in [0.3, 0.4) is 0 Å². The number of rotatable bonds is 6. The molecule has 0 aliphatic heterocycles. The van der Waals surface area contributed by atoms with Crippen molar-refractivity contribution in [1.29, 1.82) is 0 Å². The van der Waals surface area contributed by atoms with E-state index >= 15 is 0 Å². The van der Waals surface area contributed by atoms with E-state index in [4.69, 9.17) is 11.6 Å². The third kappa shape index (κ3) is 5.37. The van der Waals surface area contributed by atoms with Gasteiger partial charge in [-0.25, -0.2) is 9.78 Å². The van der Waals surface area contributed by atoms with Gasteiger partial charge in [0.05, 0.1) is 5.56 Å². The van der Waals surface area contributed by atoms with Gasteiger partial charge in [-0.15, -0.1) is 11.3 Å². The number of hydrogen-bond acceptors (Lipinski definition) is 4. The zero-order valence-electron chi connectivity index (χ0n) is 15.1. The number of carboxylic acids is 1. The lowest BCUT2D eigenvalue weighted by atomic mass is 10.1. The number of halogens is 4. The van der Waals surface area contributed by atoms with Gasteiger partial charge in [0.1, 0.15) is 16.7 Å². The highest BCUT2D eigenvalue weighted by molar-refractivity contribution is 7.13. The van der Waals surface area contributed by atoms with Gasteiger partial charge < -0.3 is 10.4 Å². The van der Waals surface area contributed by atoms with E-state index in [0.717, 1.165) is 23.5 Å². The SMILES string of the molecule is O=C(N[C@@H](Cc1ccc(Cl)cc1)C(=O)O)c1csc(-c2ccc(C(F)(F)F)cc2)n1. The number of carboxylic acid groups (broad SMARTS) is 1. The maximum atomic E-state index is 12.7. The van der Waals surface area contributed by atoms with Crippen LogP contribution in [-0.2, 0) is 17.4 Å². The van der Waals surface area contributed by atoms with Crippen molar-refractivity contribution in [3.63, 3.8) is 0 Å². The fraction of sp³-hybridized carbons (Fsp3) is 0.150. The molecule has 0 aliphatic carbocycles. The molecule has 0 saturated carbocycles. The third-order valence-corrected chi connectivity index (χ3v) is 5.30. The lowest BCUT2D eigenvalue weighted by molar-refractivity contribution is -0.139. The monoisotopic (exact) mass is 454 g/mol. The van der Waals surface area contributed by atoms with Gasteiger partial charge in [-0.1, -0.05) is 35.9 Å². The zero-order chi connectivity index (χ0) is 21.9. The number of aromatic nitrogens is 1. The first-order chi connectivity index (χ1) is 14.1. The van der Waals surface area contributed by atoms with Crippen molar-refractivity contribution in [2.45, 2.75) is 18.6 Å². The van der Waals surface area contributed by atoms with Crippen LogP contribution in [0.4, 0.5) is 13.2 Å². The number of hydrogen-bond donors (Lipinski definition) is 2. The summed E-state index contributed by atoms with van der Waals surface area (Å²) in [7, 11) is 0. The van der Waals surface area contributed by atoms with Crippen LogP contribution in [0, 0.1) is 0 Å². The van der Waals surface area contributed by atoms with Gasteiger partial charge in [-0.2, -0.15) is 13.2 Å². The Balaban J connectivity index is 1.71. The van der Waals surface area contributed by atoms with E-state index in [9.17, 15) is 27.9 Å². The van der Waals surface area contributed by atoms with Crippen molar-refractivity contribution in [3.8, 4) is 10.6 Å². The maximum absolute atomic E-state index is 12.7. The van der Waals surface area contributed by atoms with Crippen LogP contribution in [0.15, 0.2) is 53.9 Å². The van der Waals surface area contributed by atoms with Crippen molar-refractivity contribution in [2.24, 2.45) is 0 Å². The summed E-state index contributed by atoms with van der Waals surface area (Å²) in [5.41, 5.74) is 0.295. The first kappa shape index (κ1) is 21.8. The van der Waals surface area contributed by atoms with E-state index in [1.54, 1.807) is 24.3 Å². The Morgan fingerprint density at radius 1 is 1.10 bits per heavy atom. The average Bonchev–Trinajstić information content (AvgIpc) is 3.19. The Morgan fingerprint density at radius 2 is 1.73 bits per heavy atom. The predicted molar refractivity (Wildman–Crippen MR) is 107 cm³/mol. The van der Waals surface area contributed by atoms with Gasteiger partial charge in [0.2, 0.25) is 0 Å². The maximum Gasteiger partial charge on any atom is 0.416 e. The second-order valence-electron chi connectivity index (χ2n) is 6.31. The van der Waals surface area contributed by atoms with E-state index in [2.05, 4.69) is 10.3 Å². The zero-order valence-corrected chi connectivity index (χ0v) is 16.7. The number of nitrogens with zero attached hydrogens (tertiary/aromatic N) is 1. The molecule has 3 aromatic rings. The molecule has 156 valence electrons. The summed E-state index contributed by atoms with van der Waals surface area (Å²) in [6, 6.07) is 9.78. The summed E-state index contributed by atoms with van der Waals surface area (Å²) in [5, 5.41) is 14.1. The highest BCUT2D eigenvalue weighted by Gasteiger charge is 2.30. The van der Waals surface area contributed by atoms with Crippen molar-refractivity contribution in [1.82, 2.24) is 10.3 Å². The molecular formula is C20H14ClF3N2O3S. The molecule has 3 rings (SSSR count). The van der Waals surface area contributed by atoms with Crippen molar-refractivity contribution in [2.75, 3.05) is 0 Å². The fourth-order valence-electron chi connectivity index (χ4n) is 2.60. The summed E-state index contributed by atoms with van der Waals surface area (Å²) >= 11 is 6.88. The van der Waals surface area contributed by atoms with E-state index in [1.165, 1.54) is 17.5 Å². The summed E-state index contributed by atoms with van der Waals surface area (Å²) in [6.45, 7) is 0. The van der Waals surface area contributed by atoms with Crippen LogP contribution in [0.1, 0.15) is 21.6 Å². The number of amides is 1. The standard InChI is InChI=1S/C20H14ClF3N2O3S/c21-14-7-1-11(2-8-14)9-15(19(28)29)25-17(27)16-10-30-18(26-16)12-3-5-13(6-4-12)20(22,23)24/h1-8,10,15H,9H2,(H,25,27)(H,28,29)/t15-/m0/s1. The second kappa shape index (κ2) is 8.85. The number of nitrogens with one attached hydrogen (secondary N) is 1. The quantitative estimate of drug-likeness (QED) is 0.554. The molecule has 1 amide bonds.